The topological polar surface area (TPSA) is 46.6 Å². The molecule has 1 fully saturated rings. The highest BCUT2D eigenvalue weighted by molar-refractivity contribution is 7.99. The minimum absolute atomic E-state index is 0.0819. The highest BCUT2D eigenvalue weighted by Gasteiger charge is 2.23. The fraction of sp³-hybridized carbons (Fsp3) is 0.778. The monoisotopic (exact) mass is 217 g/mol. The van der Waals surface area contributed by atoms with Gasteiger partial charge in [-0.05, 0) is 12.2 Å². The summed E-state index contributed by atoms with van der Waals surface area (Å²) < 4.78 is 0. The number of carbonyl (C=O) groups is 2. The van der Waals surface area contributed by atoms with Gasteiger partial charge in [0.15, 0.2) is 0 Å². The second kappa shape index (κ2) is 5.90. The van der Waals surface area contributed by atoms with Gasteiger partial charge in [-0.2, -0.15) is 16.8 Å². The maximum absolute atomic E-state index is 11.2. The molecular formula is C9H15NO3S. The number of rotatable bonds is 5. The summed E-state index contributed by atoms with van der Waals surface area (Å²) in [5.74, 6) is 1.37. The van der Waals surface area contributed by atoms with Crippen molar-refractivity contribution in [1.29, 1.82) is 0 Å². The van der Waals surface area contributed by atoms with E-state index in [1.807, 2.05) is 6.92 Å². The minimum Gasteiger partial charge on any atom is -0.338 e. The second-order valence-corrected chi connectivity index (χ2v) is 4.40. The van der Waals surface area contributed by atoms with Gasteiger partial charge in [0.1, 0.15) is 0 Å². The van der Waals surface area contributed by atoms with Crippen LogP contribution in [0.4, 0.5) is 0 Å². The van der Waals surface area contributed by atoms with Crippen molar-refractivity contribution in [2.24, 2.45) is 0 Å². The quantitative estimate of drug-likeness (QED) is 0.649. The third-order valence-corrected chi connectivity index (χ3v) is 2.80. The van der Waals surface area contributed by atoms with Crippen LogP contribution >= 0.6 is 11.8 Å². The summed E-state index contributed by atoms with van der Waals surface area (Å²) in [4.78, 5) is 27.2. The summed E-state index contributed by atoms with van der Waals surface area (Å²) in [6.45, 7) is 2.59. The van der Waals surface area contributed by atoms with Crippen LogP contribution in [-0.2, 0) is 14.4 Å². The first-order chi connectivity index (χ1) is 6.74. The van der Waals surface area contributed by atoms with Crippen molar-refractivity contribution in [3.05, 3.63) is 0 Å². The molecule has 1 saturated heterocycles. The second-order valence-electron chi connectivity index (χ2n) is 3.01. The Morgan fingerprint density at radius 2 is 2.43 bits per heavy atom. The lowest BCUT2D eigenvalue weighted by Crippen LogP contribution is -2.28. The third-order valence-electron chi connectivity index (χ3n) is 1.90. The van der Waals surface area contributed by atoms with Crippen LogP contribution in [0, 0.1) is 0 Å². The number of hydroxylamine groups is 2. The number of hydrogen-bond acceptors (Lipinski definition) is 4. The Morgan fingerprint density at radius 1 is 1.64 bits per heavy atom. The summed E-state index contributed by atoms with van der Waals surface area (Å²) in [5, 5.41) is 1.18. The van der Waals surface area contributed by atoms with Crippen molar-refractivity contribution in [2.75, 3.05) is 18.1 Å². The van der Waals surface area contributed by atoms with E-state index in [0.717, 1.165) is 17.9 Å². The van der Waals surface area contributed by atoms with Crippen LogP contribution in [-0.4, -0.2) is 35.0 Å². The van der Waals surface area contributed by atoms with Gasteiger partial charge >= 0.3 is 5.97 Å². The van der Waals surface area contributed by atoms with Gasteiger partial charge in [-0.3, -0.25) is 4.79 Å². The van der Waals surface area contributed by atoms with Gasteiger partial charge in [0.25, 0.3) is 5.91 Å². The van der Waals surface area contributed by atoms with Crippen LogP contribution in [0.2, 0.25) is 0 Å². The molecule has 0 aliphatic carbocycles. The largest absolute Gasteiger partial charge is 0.338 e. The fourth-order valence-electron chi connectivity index (χ4n) is 1.19. The Labute approximate surface area is 87.9 Å². The predicted molar refractivity (Wildman–Crippen MR) is 54.7 cm³/mol. The molecular weight excluding hydrogens is 202 g/mol. The molecule has 0 aromatic heterocycles. The molecule has 0 N–H and O–H groups in total. The molecule has 5 heteroatoms. The number of nitrogens with zero attached hydrogens (tertiary/aromatic N) is 1. The first-order valence-electron chi connectivity index (χ1n) is 4.83. The highest BCUT2D eigenvalue weighted by atomic mass is 32.2. The van der Waals surface area contributed by atoms with Gasteiger partial charge in [-0.1, -0.05) is 6.92 Å². The van der Waals surface area contributed by atoms with E-state index in [1.165, 1.54) is 5.06 Å². The molecule has 0 saturated carbocycles. The Kier molecular flexibility index (Phi) is 4.79. The van der Waals surface area contributed by atoms with E-state index in [1.54, 1.807) is 11.8 Å². The molecule has 14 heavy (non-hydrogen) atoms. The summed E-state index contributed by atoms with van der Waals surface area (Å²) in [5.41, 5.74) is 0. The van der Waals surface area contributed by atoms with Crippen molar-refractivity contribution < 1.29 is 14.4 Å². The first-order valence-corrected chi connectivity index (χ1v) is 5.98. The summed E-state index contributed by atoms with van der Waals surface area (Å²) >= 11 is 1.69. The molecule has 4 nitrogen and oxygen atoms in total. The Hall–Kier alpha value is -0.710. The molecule has 0 spiro atoms. The van der Waals surface area contributed by atoms with Crippen molar-refractivity contribution in [3.8, 4) is 0 Å². The molecule has 0 atom stereocenters. The zero-order valence-corrected chi connectivity index (χ0v) is 9.14. The lowest BCUT2D eigenvalue weighted by Gasteiger charge is -2.13. The average molecular weight is 217 g/mol. The number of thioether (sulfide) groups is 1. The SMILES string of the molecule is CCSCCC(=O)ON1CCCC1=O. The maximum Gasteiger partial charge on any atom is 0.333 e. The van der Waals surface area contributed by atoms with Gasteiger partial charge < -0.3 is 4.84 Å². The predicted octanol–water partition coefficient (Wildman–Crippen LogP) is 1.21. The van der Waals surface area contributed by atoms with Crippen LogP contribution in [0.3, 0.4) is 0 Å². The Balaban J connectivity index is 2.16. The molecule has 0 aromatic carbocycles. The van der Waals surface area contributed by atoms with Crippen molar-refractivity contribution in [3.63, 3.8) is 0 Å². The number of hydrogen-bond donors (Lipinski definition) is 0. The van der Waals surface area contributed by atoms with Gasteiger partial charge in [0.2, 0.25) is 0 Å². The molecule has 1 rings (SSSR count). The molecule has 1 amide bonds. The number of amides is 1. The van der Waals surface area contributed by atoms with Crippen molar-refractivity contribution in [1.82, 2.24) is 5.06 Å². The number of carbonyl (C=O) groups excluding carboxylic acids is 2. The van der Waals surface area contributed by atoms with Gasteiger partial charge in [0, 0.05) is 12.2 Å². The summed E-state index contributed by atoms with van der Waals surface area (Å²) in [7, 11) is 0. The van der Waals surface area contributed by atoms with E-state index in [-0.39, 0.29) is 11.9 Å². The van der Waals surface area contributed by atoms with Crippen molar-refractivity contribution in [2.45, 2.75) is 26.2 Å². The van der Waals surface area contributed by atoms with E-state index in [4.69, 9.17) is 4.84 Å². The lowest BCUT2D eigenvalue weighted by atomic mass is 10.4. The first kappa shape index (κ1) is 11.4. The zero-order valence-electron chi connectivity index (χ0n) is 8.32. The normalized spacial score (nSPS) is 16.1. The molecule has 0 aromatic rings. The molecule has 1 aliphatic heterocycles. The minimum atomic E-state index is -0.304. The van der Waals surface area contributed by atoms with Crippen LogP contribution in [0.5, 0.6) is 0 Å². The fourth-order valence-corrected chi connectivity index (χ4v) is 1.79. The molecule has 1 aliphatic rings. The van der Waals surface area contributed by atoms with E-state index >= 15 is 0 Å². The highest BCUT2D eigenvalue weighted by Crippen LogP contribution is 2.11. The zero-order chi connectivity index (χ0) is 10.4. The van der Waals surface area contributed by atoms with Crippen LogP contribution in [0.1, 0.15) is 26.2 Å². The standard InChI is InChI=1S/C9H15NO3S/c1-2-14-7-5-9(12)13-10-6-3-4-8(10)11/h2-7H2,1H3. The van der Waals surface area contributed by atoms with Gasteiger partial charge in [0.05, 0.1) is 13.0 Å². The lowest BCUT2D eigenvalue weighted by molar-refractivity contribution is -0.192. The molecule has 0 bridgehead atoms. The molecule has 80 valence electrons. The van der Waals surface area contributed by atoms with Crippen LogP contribution < -0.4 is 0 Å². The summed E-state index contributed by atoms with van der Waals surface area (Å²) in [6.07, 6.45) is 1.66. The van der Waals surface area contributed by atoms with Gasteiger partial charge in [-0.15, -0.1) is 0 Å². The maximum atomic E-state index is 11.2. The van der Waals surface area contributed by atoms with Crippen LogP contribution in [0.15, 0.2) is 0 Å². The summed E-state index contributed by atoms with van der Waals surface area (Å²) in [6, 6.07) is 0. The van der Waals surface area contributed by atoms with E-state index in [9.17, 15) is 9.59 Å². The van der Waals surface area contributed by atoms with E-state index in [0.29, 0.717) is 19.4 Å². The van der Waals surface area contributed by atoms with Crippen molar-refractivity contribution >= 4 is 23.6 Å². The average Bonchev–Trinajstić information content (AvgIpc) is 2.52. The van der Waals surface area contributed by atoms with E-state index in [2.05, 4.69) is 0 Å². The van der Waals surface area contributed by atoms with Gasteiger partial charge in [-0.25, -0.2) is 4.79 Å². The molecule has 1 heterocycles. The van der Waals surface area contributed by atoms with Crippen LogP contribution in [0.25, 0.3) is 0 Å². The molecule has 0 unspecified atom stereocenters. The molecule has 0 radical (unpaired) electrons. The Morgan fingerprint density at radius 3 is 3.00 bits per heavy atom. The Bertz CT molecular complexity index is 220. The smallest absolute Gasteiger partial charge is 0.333 e. The third kappa shape index (κ3) is 3.57. The van der Waals surface area contributed by atoms with E-state index < -0.39 is 0 Å².